The molecule has 0 atom stereocenters. The molecule has 1 saturated heterocycles. The smallest absolute Gasteiger partial charge is 0.420 e. The van der Waals surface area contributed by atoms with Crippen molar-refractivity contribution in [3.05, 3.63) is 27.7 Å². The van der Waals surface area contributed by atoms with Crippen LogP contribution in [0.2, 0.25) is 0 Å². The van der Waals surface area contributed by atoms with Crippen LogP contribution in [0.5, 0.6) is 5.75 Å². The third-order valence-corrected chi connectivity index (χ3v) is 3.88. The highest BCUT2D eigenvalue weighted by Crippen LogP contribution is 2.40. The summed E-state index contributed by atoms with van der Waals surface area (Å²) in [4.78, 5) is 0. The predicted octanol–water partition coefficient (Wildman–Crippen LogP) is 3.72. The fraction of sp³-hybridized carbons (Fsp3) is 0.538. The molecule has 2 nitrogen and oxygen atoms in total. The molecule has 6 heteroatoms. The SMILES string of the molecule is Oc1c(CC2CCNCC2)cc(Br)cc1C(F)(F)F. The number of nitrogens with one attached hydrogen (secondary N) is 1. The third kappa shape index (κ3) is 3.63. The van der Waals surface area contributed by atoms with Crippen molar-refractivity contribution in [1.82, 2.24) is 5.32 Å². The first-order valence-corrected chi connectivity index (χ1v) is 6.96. The van der Waals surface area contributed by atoms with Crippen molar-refractivity contribution in [2.45, 2.75) is 25.4 Å². The molecule has 0 aliphatic carbocycles. The van der Waals surface area contributed by atoms with Crippen LogP contribution in [0.3, 0.4) is 0 Å². The molecule has 1 fully saturated rings. The van der Waals surface area contributed by atoms with E-state index in [0.29, 0.717) is 22.4 Å². The Balaban J connectivity index is 2.27. The van der Waals surface area contributed by atoms with Gasteiger partial charge in [0.05, 0.1) is 5.56 Å². The van der Waals surface area contributed by atoms with E-state index >= 15 is 0 Å². The zero-order valence-electron chi connectivity index (χ0n) is 10.2. The number of piperidine rings is 1. The van der Waals surface area contributed by atoms with Gasteiger partial charge in [0.1, 0.15) is 5.75 Å². The van der Waals surface area contributed by atoms with E-state index in [1.807, 2.05) is 0 Å². The Morgan fingerprint density at radius 3 is 2.47 bits per heavy atom. The summed E-state index contributed by atoms with van der Waals surface area (Å²) in [7, 11) is 0. The summed E-state index contributed by atoms with van der Waals surface area (Å²) in [6.45, 7) is 1.76. The van der Waals surface area contributed by atoms with Crippen LogP contribution < -0.4 is 5.32 Å². The summed E-state index contributed by atoms with van der Waals surface area (Å²) in [5.74, 6) is -0.309. The Labute approximate surface area is 118 Å². The van der Waals surface area contributed by atoms with Crippen molar-refractivity contribution in [1.29, 1.82) is 0 Å². The summed E-state index contributed by atoms with van der Waals surface area (Å²) in [6, 6.07) is 2.49. The number of rotatable bonds is 2. The topological polar surface area (TPSA) is 32.3 Å². The van der Waals surface area contributed by atoms with E-state index in [1.165, 1.54) is 0 Å². The van der Waals surface area contributed by atoms with E-state index in [-0.39, 0.29) is 0 Å². The minimum absolute atomic E-state index is 0.322. The van der Waals surface area contributed by atoms with Gasteiger partial charge >= 0.3 is 6.18 Å². The van der Waals surface area contributed by atoms with E-state index < -0.39 is 17.5 Å². The highest BCUT2D eigenvalue weighted by Gasteiger charge is 2.35. The minimum Gasteiger partial charge on any atom is -0.507 e. The lowest BCUT2D eigenvalue weighted by Crippen LogP contribution is -2.28. The van der Waals surface area contributed by atoms with Crippen molar-refractivity contribution < 1.29 is 18.3 Å². The standard InChI is InChI=1S/C13H15BrF3NO/c14-10-6-9(5-8-1-3-18-4-2-8)12(19)11(7-10)13(15,16)17/h6-8,18-19H,1-5H2. The molecule has 1 aromatic carbocycles. The quantitative estimate of drug-likeness (QED) is 0.862. The van der Waals surface area contributed by atoms with Crippen LogP contribution in [0.25, 0.3) is 0 Å². The fourth-order valence-corrected chi connectivity index (χ4v) is 2.93. The van der Waals surface area contributed by atoms with Gasteiger partial charge in [0.15, 0.2) is 0 Å². The molecule has 1 heterocycles. The summed E-state index contributed by atoms with van der Waals surface area (Å²) in [6.07, 6.45) is -2.20. The van der Waals surface area contributed by atoms with Crippen molar-refractivity contribution in [3.8, 4) is 5.75 Å². The summed E-state index contributed by atoms with van der Waals surface area (Å²) < 4.78 is 38.7. The van der Waals surface area contributed by atoms with Crippen LogP contribution in [0.15, 0.2) is 16.6 Å². The van der Waals surface area contributed by atoms with Gasteiger partial charge in [-0.1, -0.05) is 15.9 Å². The molecule has 2 rings (SSSR count). The van der Waals surface area contributed by atoms with Gasteiger partial charge in [-0.05, 0) is 56.0 Å². The number of benzene rings is 1. The molecular weight excluding hydrogens is 323 g/mol. The number of aromatic hydroxyl groups is 1. The number of halogens is 4. The van der Waals surface area contributed by atoms with Gasteiger partial charge < -0.3 is 10.4 Å². The van der Waals surface area contributed by atoms with Gasteiger partial charge in [0.2, 0.25) is 0 Å². The molecule has 0 amide bonds. The van der Waals surface area contributed by atoms with Crippen molar-refractivity contribution in [2.75, 3.05) is 13.1 Å². The van der Waals surface area contributed by atoms with E-state index in [9.17, 15) is 18.3 Å². The Morgan fingerprint density at radius 2 is 1.89 bits per heavy atom. The van der Waals surface area contributed by atoms with Gasteiger partial charge in [-0.3, -0.25) is 0 Å². The molecular formula is C13H15BrF3NO. The van der Waals surface area contributed by atoms with Crippen molar-refractivity contribution in [2.24, 2.45) is 5.92 Å². The highest BCUT2D eigenvalue weighted by atomic mass is 79.9. The van der Waals surface area contributed by atoms with E-state index in [0.717, 1.165) is 32.0 Å². The Hall–Kier alpha value is -0.750. The number of phenols is 1. The third-order valence-electron chi connectivity index (χ3n) is 3.43. The molecule has 0 bridgehead atoms. The van der Waals surface area contributed by atoms with Gasteiger partial charge in [-0.25, -0.2) is 0 Å². The average molecular weight is 338 g/mol. The lowest BCUT2D eigenvalue weighted by Gasteiger charge is -2.23. The summed E-state index contributed by atoms with van der Waals surface area (Å²) >= 11 is 3.08. The maximum absolute atomic E-state index is 12.8. The molecule has 1 aromatic rings. The van der Waals surface area contributed by atoms with E-state index in [1.54, 1.807) is 6.07 Å². The second-order valence-electron chi connectivity index (χ2n) is 4.86. The fourth-order valence-electron chi connectivity index (χ4n) is 2.42. The highest BCUT2D eigenvalue weighted by molar-refractivity contribution is 9.10. The average Bonchev–Trinajstić information content (AvgIpc) is 2.33. The maximum atomic E-state index is 12.8. The Bertz CT molecular complexity index is 456. The summed E-state index contributed by atoms with van der Waals surface area (Å²) in [5, 5.41) is 13.0. The molecule has 19 heavy (non-hydrogen) atoms. The zero-order chi connectivity index (χ0) is 14.0. The van der Waals surface area contributed by atoms with Crippen LogP contribution in [0.1, 0.15) is 24.0 Å². The number of hydrogen-bond donors (Lipinski definition) is 2. The van der Waals surface area contributed by atoms with E-state index in [2.05, 4.69) is 21.2 Å². The molecule has 0 radical (unpaired) electrons. The van der Waals surface area contributed by atoms with Gasteiger partial charge in [0, 0.05) is 4.47 Å². The normalized spacial score (nSPS) is 17.7. The first-order chi connectivity index (χ1) is 8.88. The van der Waals surface area contributed by atoms with Crippen LogP contribution in [-0.4, -0.2) is 18.2 Å². The second kappa shape index (κ2) is 5.71. The van der Waals surface area contributed by atoms with Crippen LogP contribution >= 0.6 is 15.9 Å². The van der Waals surface area contributed by atoms with Gasteiger partial charge in [-0.15, -0.1) is 0 Å². The van der Waals surface area contributed by atoms with E-state index in [4.69, 9.17) is 0 Å². The van der Waals surface area contributed by atoms with Crippen LogP contribution in [0, 0.1) is 5.92 Å². The zero-order valence-corrected chi connectivity index (χ0v) is 11.8. The lowest BCUT2D eigenvalue weighted by molar-refractivity contribution is -0.138. The molecule has 0 aromatic heterocycles. The Kier molecular flexibility index (Phi) is 4.40. The molecule has 1 aliphatic heterocycles. The number of alkyl halides is 3. The first-order valence-electron chi connectivity index (χ1n) is 6.17. The monoisotopic (exact) mass is 337 g/mol. The number of hydrogen-bond acceptors (Lipinski definition) is 2. The molecule has 1 aliphatic rings. The van der Waals surface area contributed by atoms with Crippen LogP contribution in [-0.2, 0) is 12.6 Å². The lowest BCUT2D eigenvalue weighted by atomic mass is 9.90. The second-order valence-corrected chi connectivity index (χ2v) is 5.77. The molecule has 106 valence electrons. The van der Waals surface area contributed by atoms with Gasteiger partial charge in [0.25, 0.3) is 0 Å². The number of phenolic OH excluding ortho intramolecular Hbond substituents is 1. The molecule has 0 unspecified atom stereocenters. The molecule has 2 N–H and O–H groups in total. The largest absolute Gasteiger partial charge is 0.507 e. The van der Waals surface area contributed by atoms with Crippen molar-refractivity contribution >= 4 is 15.9 Å². The first kappa shape index (κ1) is 14.7. The maximum Gasteiger partial charge on any atom is 0.420 e. The predicted molar refractivity (Wildman–Crippen MR) is 70.1 cm³/mol. The Morgan fingerprint density at radius 1 is 1.26 bits per heavy atom. The van der Waals surface area contributed by atoms with Crippen molar-refractivity contribution in [3.63, 3.8) is 0 Å². The van der Waals surface area contributed by atoms with Crippen LogP contribution in [0.4, 0.5) is 13.2 Å². The van der Waals surface area contributed by atoms with Gasteiger partial charge in [-0.2, -0.15) is 13.2 Å². The minimum atomic E-state index is -4.53. The molecule has 0 saturated carbocycles. The summed E-state index contributed by atoms with van der Waals surface area (Å²) in [5.41, 5.74) is -0.598. The molecule has 0 spiro atoms.